The van der Waals surface area contributed by atoms with E-state index in [1.807, 2.05) is 35.7 Å². The predicted octanol–water partition coefficient (Wildman–Crippen LogP) is 4.03. The monoisotopic (exact) mass is 360 g/mol. The zero-order valence-electron chi connectivity index (χ0n) is 11.2. The Morgan fingerprint density at radius 3 is 2.90 bits per heavy atom. The first-order chi connectivity index (χ1) is 10.3. The second kappa shape index (κ2) is 6.37. The molecule has 1 amide bonds. The molecule has 3 rings (SSSR count). The van der Waals surface area contributed by atoms with Gasteiger partial charge in [0.1, 0.15) is 4.88 Å². The van der Waals surface area contributed by atoms with E-state index in [-0.39, 0.29) is 5.91 Å². The van der Waals surface area contributed by atoms with Crippen LogP contribution in [0.3, 0.4) is 0 Å². The average molecular weight is 361 g/mol. The predicted molar refractivity (Wildman–Crippen MR) is 89.8 cm³/mol. The number of hydrogen-bond donors (Lipinski definition) is 1. The van der Waals surface area contributed by atoms with Gasteiger partial charge in [0.2, 0.25) is 0 Å². The Morgan fingerprint density at radius 1 is 1.24 bits per heavy atom. The third-order valence-corrected chi connectivity index (χ3v) is 5.06. The van der Waals surface area contributed by atoms with E-state index >= 15 is 0 Å². The van der Waals surface area contributed by atoms with Crippen molar-refractivity contribution in [2.45, 2.75) is 6.42 Å². The lowest BCUT2D eigenvalue weighted by Crippen LogP contribution is -2.25. The first-order valence-electron chi connectivity index (χ1n) is 6.59. The molecule has 2 heterocycles. The Labute approximate surface area is 135 Å². The van der Waals surface area contributed by atoms with Gasteiger partial charge in [0, 0.05) is 22.6 Å². The van der Waals surface area contributed by atoms with Gasteiger partial charge in [-0.25, -0.2) is 0 Å². The maximum atomic E-state index is 12.0. The minimum atomic E-state index is -0.0370. The SMILES string of the molecule is O=C(NCCc1cccc2cccnc12)c1sccc1Br. The lowest BCUT2D eigenvalue weighted by atomic mass is 10.1. The zero-order valence-corrected chi connectivity index (χ0v) is 13.6. The van der Waals surface area contributed by atoms with Crippen LogP contribution in [0.5, 0.6) is 0 Å². The highest BCUT2D eigenvalue weighted by Gasteiger charge is 2.11. The average Bonchev–Trinajstić information content (AvgIpc) is 2.93. The number of benzene rings is 1. The normalized spacial score (nSPS) is 10.7. The van der Waals surface area contributed by atoms with Gasteiger partial charge in [-0.15, -0.1) is 11.3 Å². The smallest absolute Gasteiger partial charge is 0.262 e. The van der Waals surface area contributed by atoms with Gasteiger partial charge in [-0.2, -0.15) is 0 Å². The summed E-state index contributed by atoms with van der Waals surface area (Å²) >= 11 is 4.81. The lowest BCUT2D eigenvalue weighted by molar-refractivity contribution is 0.0957. The molecule has 0 aliphatic carbocycles. The van der Waals surface area contributed by atoms with E-state index in [1.165, 1.54) is 11.3 Å². The zero-order chi connectivity index (χ0) is 14.7. The number of nitrogens with zero attached hydrogens (tertiary/aromatic N) is 1. The number of fused-ring (bicyclic) bond motifs is 1. The molecule has 106 valence electrons. The molecule has 0 saturated carbocycles. The van der Waals surface area contributed by atoms with Crippen molar-refractivity contribution in [2.24, 2.45) is 0 Å². The molecule has 21 heavy (non-hydrogen) atoms. The van der Waals surface area contributed by atoms with Gasteiger partial charge in [0.25, 0.3) is 5.91 Å². The molecule has 0 saturated heterocycles. The second-order valence-electron chi connectivity index (χ2n) is 4.60. The van der Waals surface area contributed by atoms with Crippen LogP contribution in [0.4, 0.5) is 0 Å². The molecule has 0 aliphatic rings. The Morgan fingerprint density at radius 2 is 2.10 bits per heavy atom. The molecule has 0 fully saturated rings. The molecule has 1 N–H and O–H groups in total. The van der Waals surface area contributed by atoms with Crippen molar-refractivity contribution < 1.29 is 4.79 Å². The highest BCUT2D eigenvalue weighted by Crippen LogP contribution is 2.22. The van der Waals surface area contributed by atoms with Gasteiger partial charge < -0.3 is 5.32 Å². The highest BCUT2D eigenvalue weighted by atomic mass is 79.9. The fraction of sp³-hybridized carbons (Fsp3) is 0.125. The van der Waals surface area contributed by atoms with Gasteiger partial charge in [-0.3, -0.25) is 9.78 Å². The van der Waals surface area contributed by atoms with Gasteiger partial charge in [-0.05, 0) is 45.4 Å². The Bertz CT molecular complexity index is 779. The second-order valence-corrected chi connectivity index (χ2v) is 6.37. The lowest BCUT2D eigenvalue weighted by Gasteiger charge is -2.07. The summed E-state index contributed by atoms with van der Waals surface area (Å²) in [5.74, 6) is -0.0370. The van der Waals surface area contributed by atoms with E-state index in [2.05, 4.69) is 32.3 Å². The number of halogens is 1. The van der Waals surface area contributed by atoms with E-state index in [9.17, 15) is 4.79 Å². The van der Waals surface area contributed by atoms with Crippen molar-refractivity contribution in [3.05, 3.63) is 62.9 Å². The number of aromatic nitrogens is 1. The van der Waals surface area contributed by atoms with Crippen molar-refractivity contribution in [1.29, 1.82) is 0 Å². The summed E-state index contributed by atoms with van der Waals surface area (Å²) in [6.07, 6.45) is 2.57. The standard InChI is InChI=1S/C16H13BrN2OS/c17-13-7-10-21-15(13)16(20)19-9-6-12-4-1-3-11-5-2-8-18-14(11)12/h1-5,7-8,10H,6,9H2,(H,19,20). The van der Waals surface area contributed by atoms with Gasteiger partial charge in [0.05, 0.1) is 5.52 Å². The molecule has 5 heteroatoms. The highest BCUT2D eigenvalue weighted by molar-refractivity contribution is 9.10. The number of carbonyl (C=O) groups is 1. The maximum absolute atomic E-state index is 12.0. The first-order valence-corrected chi connectivity index (χ1v) is 8.27. The Kier molecular flexibility index (Phi) is 4.31. The van der Waals surface area contributed by atoms with Crippen LogP contribution in [0.1, 0.15) is 15.2 Å². The van der Waals surface area contributed by atoms with E-state index in [4.69, 9.17) is 0 Å². The summed E-state index contributed by atoms with van der Waals surface area (Å²) in [5.41, 5.74) is 2.16. The molecule has 0 unspecified atom stereocenters. The number of rotatable bonds is 4. The first kappa shape index (κ1) is 14.2. The van der Waals surface area contributed by atoms with E-state index in [0.717, 1.165) is 27.4 Å². The minimum absolute atomic E-state index is 0.0370. The van der Waals surface area contributed by atoms with Crippen LogP contribution < -0.4 is 5.32 Å². The van der Waals surface area contributed by atoms with Crippen LogP contribution in [0.15, 0.2) is 52.4 Å². The summed E-state index contributed by atoms with van der Waals surface area (Å²) in [5, 5.41) is 5.98. The molecule has 0 atom stereocenters. The van der Waals surface area contributed by atoms with Crippen LogP contribution >= 0.6 is 27.3 Å². The summed E-state index contributed by atoms with van der Waals surface area (Å²) in [4.78, 5) is 17.2. The van der Waals surface area contributed by atoms with Gasteiger partial charge >= 0.3 is 0 Å². The molecule has 1 aromatic carbocycles. The molecule has 0 spiro atoms. The van der Waals surface area contributed by atoms with Crippen molar-refractivity contribution in [2.75, 3.05) is 6.54 Å². The summed E-state index contributed by atoms with van der Waals surface area (Å²) in [7, 11) is 0. The van der Waals surface area contributed by atoms with Crippen LogP contribution in [-0.4, -0.2) is 17.4 Å². The van der Waals surface area contributed by atoms with Crippen LogP contribution in [0, 0.1) is 0 Å². The number of thiophene rings is 1. The molecular weight excluding hydrogens is 348 g/mol. The fourth-order valence-corrected chi connectivity index (χ4v) is 3.68. The van der Waals surface area contributed by atoms with Crippen LogP contribution in [0.2, 0.25) is 0 Å². The molecule has 2 aromatic heterocycles. The number of carbonyl (C=O) groups excluding carboxylic acids is 1. The Hall–Kier alpha value is -1.72. The van der Waals surface area contributed by atoms with Crippen molar-refractivity contribution in [3.63, 3.8) is 0 Å². The number of amides is 1. The fourth-order valence-electron chi connectivity index (χ4n) is 2.22. The number of para-hydroxylation sites is 1. The topological polar surface area (TPSA) is 42.0 Å². The summed E-state index contributed by atoms with van der Waals surface area (Å²) in [6.45, 7) is 0.596. The van der Waals surface area contributed by atoms with Crippen molar-refractivity contribution in [1.82, 2.24) is 10.3 Å². The van der Waals surface area contributed by atoms with Gasteiger partial charge in [0.15, 0.2) is 0 Å². The third-order valence-electron chi connectivity index (χ3n) is 3.22. The molecule has 0 aliphatic heterocycles. The number of pyridine rings is 1. The summed E-state index contributed by atoms with van der Waals surface area (Å²) in [6, 6.07) is 12.0. The number of hydrogen-bond acceptors (Lipinski definition) is 3. The maximum Gasteiger partial charge on any atom is 0.262 e. The number of nitrogens with one attached hydrogen (secondary N) is 1. The van der Waals surface area contributed by atoms with Crippen molar-refractivity contribution in [3.8, 4) is 0 Å². The van der Waals surface area contributed by atoms with Crippen molar-refractivity contribution >= 4 is 44.1 Å². The third kappa shape index (κ3) is 3.14. The molecule has 0 bridgehead atoms. The van der Waals surface area contributed by atoms with E-state index < -0.39 is 0 Å². The summed E-state index contributed by atoms with van der Waals surface area (Å²) < 4.78 is 0.844. The Balaban J connectivity index is 1.67. The van der Waals surface area contributed by atoms with Crippen LogP contribution in [0.25, 0.3) is 10.9 Å². The van der Waals surface area contributed by atoms with E-state index in [0.29, 0.717) is 11.4 Å². The largest absolute Gasteiger partial charge is 0.351 e. The quantitative estimate of drug-likeness (QED) is 0.762. The molecule has 0 radical (unpaired) electrons. The van der Waals surface area contributed by atoms with E-state index in [1.54, 1.807) is 6.20 Å². The molecule has 3 nitrogen and oxygen atoms in total. The molecular formula is C16H13BrN2OS. The van der Waals surface area contributed by atoms with Gasteiger partial charge in [-0.1, -0.05) is 24.3 Å². The molecule has 3 aromatic rings. The minimum Gasteiger partial charge on any atom is -0.351 e. The van der Waals surface area contributed by atoms with Crippen LogP contribution in [-0.2, 0) is 6.42 Å².